The minimum Gasteiger partial charge on any atom is -0.481 e. The number of hydrogen-bond acceptors (Lipinski definition) is 4. The van der Waals surface area contributed by atoms with Crippen molar-refractivity contribution in [2.24, 2.45) is 0 Å². The molecule has 0 saturated carbocycles. The Labute approximate surface area is 184 Å². The molecule has 0 aliphatic carbocycles. The molecule has 4 rings (SSSR count). The van der Waals surface area contributed by atoms with Gasteiger partial charge in [0.15, 0.2) is 0 Å². The van der Waals surface area contributed by atoms with Crippen molar-refractivity contribution in [3.63, 3.8) is 0 Å². The molecule has 0 bridgehead atoms. The lowest BCUT2D eigenvalue weighted by molar-refractivity contribution is -0.136. The van der Waals surface area contributed by atoms with Crippen LogP contribution < -0.4 is 16.0 Å². The molecular formula is C25H22FN3O3. The number of aliphatic carboxylic acids is 1. The van der Waals surface area contributed by atoms with Crippen molar-refractivity contribution in [1.29, 1.82) is 0 Å². The summed E-state index contributed by atoms with van der Waals surface area (Å²) < 4.78 is 13.7. The Bertz CT molecular complexity index is 1220. The summed E-state index contributed by atoms with van der Waals surface area (Å²) in [7, 11) is 1.87. The van der Waals surface area contributed by atoms with Crippen LogP contribution in [0.15, 0.2) is 66.7 Å². The van der Waals surface area contributed by atoms with Crippen LogP contribution in [0, 0.1) is 5.82 Å². The van der Waals surface area contributed by atoms with E-state index in [1.807, 2.05) is 31.3 Å². The van der Waals surface area contributed by atoms with Crippen LogP contribution in [0.3, 0.4) is 0 Å². The number of nitrogens with one attached hydrogen (secondary N) is 3. The lowest BCUT2D eigenvalue weighted by Gasteiger charge is -2.16. The van der Waals surface area contributed by atoms with Crippen LogP contribution in [-0.4, -0.2) is 24.0 Å². The molecule has 0 spiro atoms. The highest BCUT2D eigenvalue weighted by atomic mass is 19.1. The van der Waals surface area contributed by atoms with Gasteiger partial charge < -0.3 is 21.1 Å². The quantitative estimate of drug-likeness (QED) is 0.423. The molecule has 0 radical (unpaired) electrons. The Balaban J connectivity index is 1.82. The highest BCUT2D eigenvalue weighted by Crippen LogP contribution is 2.38. The number of fused-ring (bicyclic) bond motifs is 1. The fourth-order valence-corrected chi connectivity index (χ4v) is 3.74. The number of rotatable bonds is 7. The molecule has 1 aliphatic heterocycles. The Kier molecular flexibility index (Phi) is 6.00. The average molecular weight is 431 g/mol. The lowest BCUT2D eigenvalue weighted by atomic mass is 9.98. The molecule has 3 aromatic carbocycles. The summed E-state index contributed by atoms with van der Waals surface area (Å²) in [5.74, 6) is -1.69. The average Bonchev–Trinajstić information content (AvgIpc) is 3.07. The van der Waals surface area contributed by atoms with Gasteiger partial charge in [0.2, 0.25) is 0 Å². The molecule has 1 amide bonds. The molecule has 4 N–H and O–H groups in total. The van der Waals surface area contributed by atoms with Crippen molar-refractivity contribution in [2.75, 3.05) is 17.7 Å². The minimum atomic E-state index is -0.915. The molecule has 6 nitrogen and oxygen atoms in total. The zero-order chi connectivity index (χ0) is 22.7. The van der Waals surface area contributed by atoms with Gasteiger partial charge in [-0.05, 0) is 54.1 Å². The Morgan fingerprint density at radius 3 is 2.53 bits per heavy atom. The highest BCUT2D eigenvalue weighted by molar-refractivity contribution is 6.37. The van der Waals surface area contributed by atoms with Gasteiger partial charge in [-0.2, -0.15) is 0 Å². The topological polar surface area (TPSA) is 90.5 Å². The first-order valence-corrected chi connectivity index (χ1v) is 10.1. The maximum atomic E-state index is 13.7. The molecule has 162 valence electrons. The molecule has 0 unspecified atom stereocenters. The van der Waals surface area contributed by atoms with E-state index in [0.717, 1.165) is 11.3 Å². The number of carbonyl (C=O) groups is 2. The normalized spacial score (nSPS) is 14.0. The van der Waals surface area contributed by atoms with E-state index >= 15 is 0 Å². The third-order valence-corrected chi connectivity index (χ3v) is 5.15. The zero-order valence-corrected chi connectivity index (χ0v) is 17.4. The van der Waals surface area contributed by atoms with Gasteiger partial charge in [0.05, 0.1) is 23.4 Å². The first-order chi connectivity index (χ1) is 15.4. The van der Waals surface area contributed by atoms with E-state index in [2.05, 4.69) is 16.0 Å². The maximum Gasteiger partial charge on any atom is 0.307 e. The first kappa shape index (κ1) is 21.3. The second-order valence-corrected chi connectivity index (χ2v) is 7.52. The minimum absolute atomic E-state index is 0.0890. The number of benzene rings is 3. The Morgan fingerprint density at radius 2 is 1.81 bits per heavy atom. The van der Waals surface area contributed by atoms with Crippen LogP contribution in [0.25, 0.3) is 11.3 Å². The van der Waals surface area contributed by atoms with Crippen LogP contribution in [0.2, 0.25) is 0 Å². The van der Waals surface area contributed by atoms with Crippen LogP contribution >= 0.6 is 0 Å². The van der Waals surface area contributed by atoms with Crippen molar-refractivity contribution in [2.45, 2.75) is 13.0 Å². The standard InChI is InChI=1S/C25H22FN3O3/c1-27-14-16-3-2-4-19(11-16)28-24(17-7-5-15(6-8-17)12-22(30)31)23-20-10-9-18(26)13-21(20)29-25(23)32/h2-11,13,27-28H,12,14H2,1H3,(H,29,32)(H,30,31). The summed E-state index contributed by atoms with van der Waals surface area (Å²) >= 11 is 0. The molecule has 0 saturated heterocycles. The van der Waals surface area contributed by atoms with Gasteiger partial charge in [0.25, 0.3) is 5.91 Å². The third kappa shape index (κ3) is 4.53. The molecule has 7 heteroatoms. The van der Waals surface area contributed by atoms with Gasteiger partial charge in [-0.15, -0.1) is 0 Å². The van der Waals surface area contributed by atoms with Crippen molar-refractivity contribution < 1.29 is 19.1 Å². The number of halogens is 1. The van der Waals surface area contributed by atoms with E-state index in [0.29, 0.717) is 40.2 Å². The summed E-state index contributed by atoms with van der Waals surface area (Å²) in [6.07, 6.45) is -0.0890. The molecular weight excluding hydrogens is 409 g/mol. The van der Waals surface area contributed by atoms with Gasteiger partial charge in [0, 0.05) is 17.8 Å². The Hall–Kier alpha value is -3.97. The van der Waals surface area contributed by atoms with Gasteiger partial charge in [0.1, 0.15) is 5.82 Å². The first-order valence-electron chi connectivity index (χ1n) is 10.1. The second-order valence-electron chi connectivity index (χ2n) is 7.52. The number of amides is 1. The number of carboxylic acids is 1. The predicted octanol–water partition coefficient (Wildman–Crippen LogP) is 4.10. The highest BCUT2D eigenvalue weighted by Gasteiger charge is 2.28. The molecule has 1 heterocycles. The zero-order valence-electron chi connectivity index (χ0n) is 17.4. The fraction of sp³-hybridized carbons (Fsp3) is 0.120. The molecule has 3 aromatic rings. The Morgan fingerprint density at radius 1 is 1.03 bits per heavy atom. The number of hydrogen-bond donors (Lipinski definition) is 4. The van der Waals surface area contributed by atoms with Crippen molar-refractivity contribution in [1.82, 2.24) is 5.32 Å². The van der Waals surface area contributed by atoms with Gasteiger partial charge in [-0.25, -0.2) is 4.39 Å². The molecule has 32 heavy (non-hydrogen) atoms. The van der Waals surface area contributed by atoms with Crippen molar-refractivity contribution in [3.05, 3.63) is 94.8 Å². The molecule has 1 aliphatic rings. The predicted molar refractivity (Wildman–Crippen MR) is 122 cm³/mol. The summed E-state index contributed by atoms with van der Waals surface area (Å²) in [4.78, 5) is 23.9. The summed E-state index contributed by atoms with van der Waals surface area (Å²) in [6.45, 7) is 0.688. The van der Waals surface area contributed by atoms with E-state index in [1.165, 1.54) is 12.1 Å². The number of anilines is 2. The van der Waals surface area contributed by atoms with Crippen LogP contribution in [0.5, 0.6) is 0 Å². The van der Waals surface area contributed by atoms with Gasteiger partial charge in [-0.1, -0.05) is 36.4 Å². The second kappa shape index (κ2) is 9.03. The fourth-order valence-electron chi connectivity index (χ4n) is 3.74. The van der Waals surface area contributed by atoms with E-state index in [-0.39, 0.29) is 12.3 Å². The van der Waals surface area contributed by atoms with Crippen LogP contribution in [0.4, 0.5) is 15.8 Å². The lowest BCUT2D eigenvalue weighted by Crippen LogP contribution is -2.11. The van der Waals surface area contributed by atoms with Crippen molar-refractivity contribution >= 4 is 34.5 Å². The largest absolute Gasteiger partial charge is 0.481 e. The van der Waals surface area contributed by atoms with Crippen molar-refractivity contribution in [3.8, 4) is 0 Å². The third-order valence-electron chi connectivity index (χ3n) is 5.15. The van der Waals surface area contributed by atoms with Crippen LogP contribution in [0.1, 0.15) is 22.3 Å². The smallest absolute Gasteiger partial charge is 0.307 e. The SMILES string of the molecule is CNCc1cccc(NC(=C2C(=O)Nc3cc(F)ccc32)c2ccc(CC(=O)O)cc2)c1. The molecule has 0 fully saturated rings. The van der Waals surface area contributed by atoms with E-state index in [1.54, 1.807) is 30.3 Å². The summed E-state index contributed by atoms with van der Waals surface area (Å²) in [6, 6.07) is 19.0. The molecule has 0 aromatic heterocycles. The van der Waals surface area contributed by atoms with E-state index in [9.17, 15) is 14.0 Å². The molecule has 0 atom stereocenters. The number of carbonyl (C=O) groups excluding carboxylic acids is 1. The summed E-state index contributed by atoms with van der Waals surface area (Å²) in [5, 5.41) is 18.2. The van der Waals surface area contributed by atoms with Crippen LogP contribution in [-0.2, 0) is 22.6 Å². The monoisotopic (exact) mass is 431 g/mol. The number of carboxylic acid groups (broad SMARTS) is 1. The van der Waals surface area contributed by atoms with Gasteiger partial charge in [-0.3, -0.25) is 9.59 Å². The van der Waals surface area contributed by atoms with E-state index in [4.69, 9.17) is 5.11 Å². The van der Waals surface area contributed by atoms with Gasteiger partial charge >= 0.3 is 5.97 Å². The maximum absolute atomic E-state index is 13.7. The van der Waals surface area contributed by atoms with E-state index < -0.39 is 11.8 Å². The summed E-state index contributed by atoms with van der Waals surface area (Å²) in [5.41, 5.74) is 5.17.